The predicted molar refractivity (Wildman–Crippen MR) is 88.8 cm³/mol. The Balaban J connectivity index is 1.71. The molecule has 1 saturated carbocycles. The van der Waals surface area contributed by atoms with Crippen LogP contribution in [-0.4, -0.2) is 21.1 Å². The zero-order chi connectivity index (χ0) is 15.5. The number of halogens is 1. The Labute approximate surface area is 133 Å². The lowest BCUT2D eigenvalue weighted by atomic mass is 10.3. The number of benzene rings is 1. The van der Waals surface area contributed by atoms with Gasteiger partial charge in [-0.2, -0.15) is 4.98 Å². The van der Waals surface area contributed by atoms with E-state index >= 15 is 0 Å². The maximum absolute atomic E-state index is 12.9. The van der Waals surface area contributed by atoms with E-state index in [0.717, 1.165) is 24.2 Å². The molecule has 0 spiro atoms. The van der Waals surface area contributed by atoms with Gasteiger partial charge in [-0.25, -0.2) is 9.37 Å². The second-order valence-electron chi connectivity index (χ2n) is 5.22. The van der Waals surface area contributed by atoms with Crippen molar-refractivity contribution in [2.24, 2.45) is 0 Å². The highest BCUT2D eigenvalue weighted by Gasteiger charge is 2.22. The first-order valence-corrected chi connectivity index (χ1v) is 7.45. The van der Waals surface area contributed by atoms with Gasteiger partial charge < -0.3 is 16.0 Å². The molecule has 3 N–H and O–H groups in total. The fourth-order valence-electron chi connectivity index (χ4n) is 1.92. The molecule has 0 radical (unpaired) electrons. The second kappa shape index (κ2) is 6.23. The Morgan fingerprint density at radius 2 is 1.95 bits per heavy atom. The van der Waals surface area contributed by atoms with E-state index in [4.69, 9.17) is 12.2 Å². The zero-order valence-corrected chi connectivity index (χ0v) is 12.9. The van der Waals surface area contributed by atoms with Gasteiger partial charge in [0.05, 0.1) is 0 Å². The lowest BCUT2D eigenvalue weighted by Crippen LogP contribution is -2.30. The van der Waals surface area contributed by atoms with Gasteiger partial charge >= 0.3 is 0 Å². The summed E-state index contributed by atoms with van der Waals surface area (Å²) in [5.41, 5.74) is 1.56. The zero-order valence-electron chi connectivity index (χ0n) is 12.1. The minimum atomic E-state index is -0.275. The predicted octanol–water partition coefficient (Wildman–Crippen LogP) is 3.12. The van der Waals surface area contributed by atoms with Crippen LogP contribution < -0.4 is 16.0 Å². The molecule has 0 bridgehead atoms. The molecule has 2 aromatic rings. The Morgan fingerprint density at radius 1 is 1.23 bits per heavy atom. The molecule has 1 aromatic heterocycles. The average molecular weight is 317 g/mol. The van der Waals surface area contributed by atoms with Crippen molar-refractivity contribution < 1.29 is 4.39 Å². The number of rotatable bonds is 4. The van der Waals surface area contributed by atoms with Crippen molar-refractivity contribution in [2.45, 2.75) is 25.8 Å². The van der Waals surface area contributed by atoms with Gasteiger partial charge in [0.2, 0.25) is 5.95 Å². The summed E-state index contributed by atoms with van der Waals surface area (Å²) in [6.45, 7) is 1.88. The van der Waals surface area contributed by atoms with Gasteiger partial charge in [0.25, 0.3) is 0 Å². The fourth-order valence-corrected chi connectivity index (χ4v) is 2.18. The first kappa shape index (κ1) is 14.6. The van der Waals surface area contributed by atoms with E-state index < -0.39 is 0 Å². The van der Waals surface area contributed by atoms with Crippen LogP contribution in [0.15, 0.2) is 30.3 Å². The van der Waals surface area contributed by atoms with E-state index in [1.807, 2.05) is 13.0 Å². The van der Waals surface area contributed by atoms with Crippen LogP contribution in [-0.2, 0) is 0 Å². The van der Waals surface area contributed by atoms with E-state index in [1.165, 1.54) is 12.1 Å². The van der Waals surface area contributed by atoms with Crippen LogP contribution in [0.5, 0.6) is 0 Å². The summed E-state index contributed by atoms with van der Waals surface area (Å²) in [4.78, 5) is 8.67. The molecule has 1 aliphatic rings. The molecule has 22 heavy (non-hydrogen) atoms. The van der Waals surface area contributed by atoms with E-state index in [2.05, 4.69) is 25.9 Å². The summed E-state index contributed by atoms with van der Waals surface area (Å²) < 4.78 is 12.9. The van der Waals surface area contributed by atoms with Crippen molar-refractivity contribution >= 4 is 34.8 Å². The van der Waals surface area contributed by atoms with Crippen molar-refractivity contribution in [3.63, 3.8) is 0 Å². The lowest BCUT2D eigenvalue weighted by Gasteiger charge is -2.11. The molecule has 114 valence electrons. The Hall–Kier alpha value is -2.28. The topological polar surface area (TPSA) is 61.9 Å². The maximum atomic E-state index is 12.9. The first-order valence-electron chi connectivity index (χ1n) is 7.04. The number of nitrogens with zero attached hydrogens (tertiary/aromatic N) is 2. The van der Waals surface area contributed by atoms with Crippen molar-refractivity contribution in [3.05, 3.63) is 41.8 Å². The largest absolute Gasteiger partial charge is 0.360 e. The van der Waals surface area contributed by atoms with Crippen LogP contribution in [0, 0.1) is 12.7 Å². The molecular weight excluding hydrogens is 301 g/mol. The Bertz CT molecular complexity index is 685. The van der Waals surface area contributed by atoms with Gasteiger partial charge in [-0.1, -0.05) is 0 Å². The van der Waals surface area contributed by atoms with Gasteiger partial charge in [0.1, 0.15) is 11.6 Å². The third-order valence-corrected chi connectivity index (χ3v) is 3.33. The van der Waals surface area contributed by atoms with Gasteiger partial charge in [0.15, 0.2) is 5.11 Å². The van der Waals surface area contributed by atoms with Crippen LogP contribution in [0.1, 0.15) is 18.5 Å². The monoisotopic (exact) mass is 317 g/mol. The summed E-state index contributed by atoms with van der Waals surface area (Å²) >= 11 is 5.22. The van der Waals surface area contributed by atoms with Crippen molar-refractivity contribution in [1.82, 2.24) is 15.3 Å². The number of nitrogens with one attached hydrogen (secondary N) is 3. The molecule has 0 aliphatic heterocycles. The van der Waals surface area contributed by atoms with E-state index in [0.29, 0.717) is 22.9 Å². The quantitative estimate of drug-likeness (QED) is 0.753. The Kier molecular flexibility index (Phi) is 4.15. The molecule has 1 fully saturated rings. The summed E-state index contributed by atoms with van der Waals surface area (Å²) in [6, 6.07) is 8.38. The number of hydrogen-bond donors (Lipinski definition) is 3. The highest BCUT2D eigenvalue weighted by molar-refractivity contribution is 7.80. The smallest absolute Gasteiger partial charge is 0.231 e. The summed E-state index contributed by atoms with van der Waals surface area (Å²) in [6.07, 6.45) is 2.29. The summed E-state index contributed by atoms with van der Waals surface area (Å²) in [5.74, 6) is 0.780. The first-order chi connectivity index (χ1) is 10.6. The molecule has 0 unspecified atom stereocenters. The maximum Gasteiger partial charge on any atom is 0.231 e. The molecule has 1 aliphatic carbocycles. The molecule has 0 atom stereocenters. The van der Waals surface area contributed by atoms with Crippen molar-refractivity contribution in [1.29, 1.82) is 0 Å². The lowest BCUT2D eigenvalue weighted by molar-refractivity contribution is 0.628. The number of anilines is 3. The normalized spacial score (nSPS) is 13.5. The third-order valence-electron chi connectivity index (χ3n) is 3.11. The number of hydrogen-bond acceptors (Lipinski definition) is 4. The van der Waals surface area contributed by atoms with Gasteiger partial charge in [-0.05, 0) is 56.2 Å². The Morgan fingerprint density at radius 3 is 2.64 bits per heavy atom. The molecule has 0 amide bonds. The highest BCUT2D eigenvalue weighted by Crippen LogP contribution is 2.19. The van der Waals surface area contributed by atoms with E-state index in [1.54, 1.807) is 12.1 Å². The van der Waals surface area contributed by atoms with Gasteiger partial charge in [-0.15, -0.1) is 0 Å². The minimum Gasteiger partial charge on any atom is -0.360 e. The van der Waals surface area contributed by atoms with Crippen molar-refractivity contribution in [2.75, 3.05) is 10.6 Å². The molecule has 1 aromatic carbocycles. The van der Waals surface area contributed by atoms with Gasteiger partial charge in [-0.3, -0.25) is 0 Å². The highest BCUT2D eigenvalue weighted by atomic mass is 32.1. The SMILES string of the molecule is Cc1cc(Nc2ccc(F)cc2)nc(NC(=S)NC2CC2)n1. The fraction of sp³-hybridized carbons (Fsp3) is 0.267. The molecule has 5 nitrogen and oxygen atoms in total. The van der Waals surface area contributed by atoms with E-state index in [-0.39, 0.29) is 5.82 Å². The molecule has 0 saturated heterocycles. The third kappa shape index (κ3) is 4.11. The van der Waals surface area contributed by atoms with Crippen LogP contribution in [0.4, 0.5) is 21.8 Å². The number of aromatic nitrogens is 2. The van der Waals surface area contributed by atoms with Crippen LogP contribution in [0.3, 0.4) is 0 Å². The van der Waals surface area contributed by atoms with Crippen LogP contribution in [0.25, 0.3) is 0 Å². The minimum absolute atomic E-state index is 0.275. The standard InChI is InChI=1S/C15H16FN5S/c1-9-8-13(18-11-4-2-10(16)3-5-11)20-14(17-9)21-15(22)19-12-6-7-12/h2-5,8,12H,6-7H2,1H3,(H3,17,18,19,20,21,22). The second-order valence-corrected chi connectivity index (χ2v) is 5.63. The van der Waals surface area contributed by atoms with Crippen molar-refractivity contribution in [3.8, 4) is 0 Å². The summed E-state index contributed by atoms with van der Waals surface area (Å²) in [7, 11) is 0. The van der Waals surface area contributed by atoms with Crippen LogP contribution >= 0.6 is 12.2 Å². The average Bonchev–Trinajstić information content (AvgIpc) is 3.24. The summed E-state index contributed by atoms with van der Waals surface area (Å²) in [5, 5.41) is 9.81. The number of aryl methyl sites for hydroxylation is 1. The van der Waals surface area contributed by atoms with Crippen LogP contribution in [0.2, 0.25) is 0 Å². The van der Waals surface area contributed by atoms with Gasteiger partial charge in [0, 0.05) is 23.5 Å². The molecule has 3 rings (SSSR count). The van der Waals surface area contributed by atoms with E-state index in [9.17, 15) is 4.39 Å². The molecular formula is C15H16FN5S. The molecule has 1 heterocycles. The molecule has 7 heteroatoms. The number of thiocarbonyl (C=S) groups is 1.